The Hall–Kier alpha value is -3.02. The van der Waals surface area contributed by atoms with Crippen LogP contribution in [-0.4, -0.2) is 31.8 Å². The molecule has 6 nitrogen and oxygen atoms in total. The molecular formula is C21H23NO5. The fourth-order valence-electron chi connectivity index (χ4n) is 3.02. The Balaban J connectivity index is 1.61. The minimum atomic E-state index is -0.819. The number of hydrogen-bond donors (Lipinski definition) is 1. The molecule has 0 aliphatic carbocycles. The van der Waals surface area contributed by atoms with Crippen LogP contribution >= 0.6 is 0 Å². The minimum absolute atomic E-state index is 0.136. The molecule has 1 atom stereocenters. The molecule has 2 aromatic carbocycles. The van der Waals surface area contributed by atoms with Gasteiger partial charge in [-0.3, -0.25) is 0 Å². The molecule has 0 fully saturated rings. The summed E-state index contributed by atoms with van der Waals surface area (Å²) in [7, 11) is 1.30. The van der Waals surface area contributed by atoms with E-state index in [1.165, 1.54) is 7.11 Å². The number of hydrogen-bond acceptors (Lipinski definition) is 5. The third-order valence-corrected chi connectivity index (χ3v) is 4.40. The van der Waals surface area contributed by atoms with Gasteiger partial charge in [0.2, 0.25) is 0 Å². The van der Waals surface area contributed by atoms with Crippen LogP contribution in [0.15, 0.2) is 48.5 Å². The van der Waals surface area contributed by atoms with E-state index in [0.717, 1.165) is 41.9 Å². The zero-order valence-corrected chi connectivity index (χ0v) is 15.3. The first-order chi connectivity index (χ1) is 13.2. The molecule has 0 aromatic heterocycles. The van der Waals surface area contributed by atoms with Crippen LogP contribution in [0.1, 0.15) is 23.1 Å². The predicted octanol–water partition coefficient (Wildman–Crippen LogP) is 3.02. The van der Waals surface area contributed by atoms with Crippen LogP contribution in [-0.2, 0) is 33.7 Å². The molecule has 1 aliphatic rings. The van der Waals surface area contributed by atoms with Crippen LogP contribution in [0, 0.1) is 0 Å². The summed E-state index contributed by atoms with van der Waals surface area (Å²) in [4.78, 5) is 24.2. The first-order valence-corrected chi connectivity index (χ1v) is 8.95. The van der Waals surface area contributed by atoms with Crippen molar-refractivity contribution in [1.29, 1.82) is 0 Å². The van der Waals surface area contributed by atoms with Crippen LogP contribution in [0.3, 0.4) is 0 Å². The summed E-state index contributed by atoms with van der Waals surface area (Å²) in [6, 6.07) is 14.4. The lowest BCUT2D eigenvalue weighted by molar-refractivity contribution is -0.143. The summed E-state index contributed by atoms with van der Waals surface area (Å²) in [5.74, 6) is 0.371. The quantitative estimate of drug-likeness (QED) is 0.793. The normalized spacial score (nSPS) is 13.7. The van der Waals surface area contributed by atoms with E-state index < -0.39 is 18.1 Å². The molecule has 0 saturated carbocycles. The summed E-state index contributed by atoms with van der Waals surface area (Å²) >= 11 is 0. The number of methoxy groups -OCH3 is 1. The highest BCUT2D eigenvalue weighted by atomic mass is 16.6. The van der Waals surface area contributed by atoms with Crippen molar-refractivity contribution in [3.63, 3.8) is 0 Å². The van der Waals surface area contributed by atoms with Crippen molar-refractivity contribution in [2.24, 2.45) is 0 Å². The van der Waals surface area contributed by atoms with E-state index in [4.69, 9.17) is 14.2 Å². The molecule has 142 valence electrons. The van der Waals surface area contributed by atoms with Gasteiger partial charge in [0.25, 0.3) is 0 Å². The van der Waals surface area contributed by atoms with Crippen molar-refractivity contribution in [2.45, 2.75) is 31.9 Å². The maximum absolute atomic E-state index is 12.1. The van der Waals surface area contributed by atoms with Crippen LogP contribution in [0.25, 0.3) is 0 Å². The molecule has 1 N–H and O–H groups in total. The second-order valence-corrected chi connectivity index (χ2v) is 6.38. The first-order valence-electron chi connectivity index (χ1n) is 8.95. The zero-order valence-electron chi connectivity index (χ0n) is 15.3. The number of nitrogens with one attached hydrogen (secondary N) is 1. The van der Waals surface area contributed by atoms with Crippen LogP contribution in [0.4, 0.5) is 4.79 Å². The summed E-state index contributed by atoms with van der Waals surface area (Å²) in [6.07, 6.45) is 1.58. The van der Waals surface area contributed by atoms with E-state index >= 15 is 0 Å². The number of aryl methyl sites for hydroxylation is 1. The maximum Gasteiger partial charge on any atom is 0.408 e. The van der Waals surface area contributed by atoms with Crippen molar-refractivity contribution < 1.29 is 23.8 Å². The second kappa shape index (κ2) is 9.07. The molecule has 1 amide bonds. The SMILES string of the molecule is COC(=O)[C@H](Cc1ccc2c(c1)CCCO2)NC(=O)OCc1ccccc1. The number of carbonyl (C=O) groups excluding carboxylic acids is 2. The number of carbonyl (C=O) groups is 2. The number of amides is 1. The van der Waals surface area contributed by atoms with Gasteiger partial charge in [-0.2, -0.15) is 0 Å². The van der Waals surface area contributed by atoms with Gasteiger partial charge < -0.3 is 19.5 Å². The lowest BCUT2D eigenvalue weighted by atomic mass is 9.99. The highest BCUT2D eigenvalue weighted by Gasteiger charge is 2.23. The Morgan fingerprint density at radius 1 is 1.15 bits per heavy atom. The fraction of sp³-hybridized carbons (Fsp3) is 0.333. The summed E-state index contributed by atoms with van der Waals surface area (Å²) < 4.78 is 15.6. The lowest BCUT2D eigenvalue weighted by Crippen LogP contribution is -2.43. The van der Waals surface area contributed by atoms with Gasteiger partial charge in [0.1, 0.15) is 18.4 Å². The van der Waals surface area contributed by atoms with Gasteiger partial charge in [0, 0.05) is 6.42 Å². The topological polar surface area (TPSA) is 73.9 Å². The first kappa shape index (κ1) is 18.8. The Bertz CT molecular complexity index is 790. The van der Waals surface area contributed by atoms with E-state index in [0.29, 0.717) is 6.42 Å². The van der Waals surface area contributed by atoms with Gasteiger partial charge in [0.05, 0.1) is 13.7 Å². The van der Waals surface area contributed by atoms with Gasteiger partial charge in [-0.15, -0.1) is 0 Å². The van der Waals surface area contributed by atoms with E-state index in [-0.39, 0.29) is 6.61 Å². The van der Waals surface area contributed by atoms with Crippen LogP contribution < -0.4 is 10.1 Å². The average molecular weight is 369 g/mol. The highest BCUT2D eigenvalue weighted by molar-refractivity contribution is 5.81. The summed E-state index contributed by atoms with van der Waals surface area (Å²) in [5, 5.41) is 2.60. The number of alkyl carbamates (subject to hydrolysis) is 1. The molecule has 3 rings (SSSR count). The van der Waals surface area contributed by atoms with Crippen molar-refractivity contribution in [3.05, 3.63) is 65.2 Å². The molecule has 0 radical (unpaired) electrons. The maximum atomic E-state index is 12.1. The van der Waals surface area contributed by atoms with Gasteiger partial charge in [-0.05, 0) is 35.6 Å². The largest absolute Gasteiger partial charge is 0.493 e. The van der Waals surface area contributed by atoms with Crippen molar-refractivity contribution >= 4 is 12.1 Å². The number of ether oxygens (including phenoxy) is 3. The molecule has 0 unspecified atom stereocenters. The third kappa shape index (κ3) is 5.23. The van der Waals surface area contributed by atoms with E-state index in [9.17, 15) is 9.59 Å². The van der Waals surface area contributed by atoms with Crippen LogP contribution in [0.5, 0.6) is 5.75 Å². The minimum Gasteiger partial charge on any atom is -0.493 e. The molecule has 0 spiro atoms. The molecule has 1 heterocycles. The lowest BCUT2D eigenvalue weighted by Gasteiger charge is -2.20. The second-order valence-electron chi connectivity index (χ2n) is 6.38. The highest BCUT2D eigenvalue weighted by Crippen LogP contribution is 2.26. The van der Waals surface area contributed by atoms with Gasteiger partial charge in [-0.25, -0.2) is 9.59 Å². The monoisotopic (exact) mass is 369 g/mol. The van der Waals surface area contributed by atoms with Gasteiger partial charge >= 0.3 is 12.1 Å². The molecule has 0 saturated heterocycles. The predicted molar refractivity (Wildman–Crippen MR) is 99.5 cm³/mol. The Kier molecular flexibility index (Phi) is 6.30. The zero-order chi connectivity index (χ0) is 19.1. The van der Waals surface area contributed by atoms with E-state index in [1.807, 2.05) is 48.5 Å². The van der Waals surface area contributed by atoms with E-state index in [1.54, 1.807) is 0 Å². The molecular weight excluding hydrogens is 346 g/mol. The molecule has 27 heavy (non-hydrogen) atoms. The third-order valence-electron chi connectivity index (χ3n) is 4.40. The Morgan fingerprint density at radius 3 is 2.74 bits per heavy atom. The standard InChI is InChI=1S/C21H23NO5/c1-25-20(23)18(22-21(24)27-14-15-6-3-2-4-7-15)13-16-9-10-19-17(12-16)8-5-11-26-19/h2-4,6-7,9-10,12,18H,5,8,11,13-14H2,1H3,(H,22,24)/t18-/m0/s1. The molecule has 1 aliphatic heterocycles. The summed E-state index contributed by atoms with van der Waals surface area (Å²) in [6.45, 7) is 0.864. The Labute approximate surface area is 158 Å². The Morgan fingerprint density at radius 2 is 1.96 bits per heavy atom. The smallest absolute Gasteiger partial charge is 0.408 e. The van der Waals surface area contributed by atoms with Crippen molar-refractivity contribution in [2.75, 3.05) is 13.7 Å². The van der Waals surface area contributed by atoms with E-state index in [2.05, 4.69) is 5.32 Å². The number of fused-ring (bicyclic) bond motifs is 1. The van der Waals surface area contributed by atoms with Gasteiger partial charge in [-0.1, -0.05) is 42.5 Å². The van der Waals surface area contributed by atoms with Crippen molar-refractivity contribution in [3.8, 4) is 5.75 Å². The van der Waals surface area contributed by atoms with Gasteiger partial charge in [0.15, 0.2) is 0 Å². The number of rotatable bonds is 6. The fourth-order valence-corrected chi connectivity index (χ4v) is 3.02. The summed E-state index contributed by atoms with van der Waals surface area (Å²) in [5.41, 5.74) is 2.92. The number of esters is 1. The molecule has 6 heteroatoms. The molecule has 0 bridgehead atoms. The molecule has 2 aromatic rings. The number of benzene rings is 2. The average Bonchev–Trinajstić information content (AvgIpc) is 2.72. The van der Waals surface area contributed by atoms with Crippen LogP contribution in [0.2, 0.25) is 0 Å². The van der Waals surface area contributed by atoms with Crippen molar-refractivity contribution in [1.82, 2.24) is 5.32 Å².